The standard InChI is InChI=1S/C26H34FN3O2/c1-2-29-15-11-20(12-16-29)19-30-17-13-21(14-18-30)26(31)28-22-7-9-23(10-8-22)32-25-6-4-3-5-24(25)27/h3-10,20-21H,2,11-19H2,1H3,(H,28,31). The lowest BCUT2D eigenvalue weighted by Crippen LogP contribution is -2.43. The fourth-order valence-corrected chi connectivity index (χ4v) is 4.73. The van der Waals surface area contributed by atoms with Crippen molar-refractivity contribution in [2.75, 3.05) is 44.6 Å². The molecule has 0 spiro atoms. The van der Waals surface area contributed by atoms with E-state index in [0.717, 1.165) is 44.1 Å². The molecule has 32 heavy (non-hydrogen) atoms. The molecule has 172 valence electrons. The summed E-state index contributed by atoms with van der Waals surface area (Å²) in [5, 5.41) is 3.03. The fraction of sp³-hybridized carbons (Fsp3) is 0.500. The zero-order chi connectivity index (χ0) is 22.3. The third-order valence-electron chi connectivity index (χ3n) is 6.82. The number of piperidine rings is 2. The minimum Gasteiger partial charge on any atom is -0.454 e. The number of halogens is 1. The molecule has 0 aromatic heterocycles. The number of hydrogen-bond donors (Lipinski definition) is 1. The van der Waals surface area contributed by atoms with E-state index in [9.17, 15) is 9.18 Å². The molecule has 0 bridgehead atoms. The topological polar surface area (TPSA) is 44.8 Å². The summed E-state index contributed by atoms with van der Waals surface area (Å²) < 4.78 is 19.3. The minimum atomic E-state index is -0.400. The number of nitrogens with one attached hydrogen (secondary N) is 1. The van der Waals surface area contributed by atoms with Crippen LogP contribution in [0.5, 0.6) is 11.5 Å². The molecule has 1 amide bonds. The lowest BCUT2D eigenvalue weighted by Gasteiger charge is -2.37. The molecule has 0 saturated carbocycles. The Hall–Kier alpha value is -2.44. The summed E-state index contributed by atoms with van der Waals surface area (Å²) in [7, 11) is 0. The van der Waals surface area contributed by atoms with Gasteiger partial charge in [-0.1, -0.05) is 19.1 Å². The molecule has 2 aromatic rings. The molecule has 0 atom stereocenters. The van der Waals surface area contributed by atoms with Crippen molar-refractivity contribution in [1.82, 2.24) is 9.80 Å². The molecule has 2 aliphatic heterocycles. The Morgan fingerprint density at radius 1 is 0.969 bits per heavy atom. The number of anilines is 1. The van der Waals surface area contributed by atoms with Crippen LogP contribution in [0, 0.1) is 17.7 Å². The molecule has 0 aliphatic carbocycles. The van der Waals surface area contributed by atoms with Gasteiger partial charge in [-0.3, -0.25) is 4.79 Å². The first-order valence-corrected chi connectivity index (χ1v) is 11.9. The van der Waals surface area contributed by atoms with Crippen LogP contribution < -0.4 is 10.1 Å². The van der Waals surface area contributed by atoms with Crippen LogP contribution in [0.25, 0.3) is 0 Å². The molecule has 2 aromatic carbocycles. The van der Waals surface area contributed by atoms with Gasteiger partial charge in [0.2, 0.25) is 5.91 Å². The summed E-state index contributed by atoms with van der Waals surface area (Å²) in [4.78, 5) is 17.8. The number of benzene rings is 2. The number of carbonyl (C=O) groups excluding carboxylic acids is 1. The van der Waals surface area contributed by atoms with Crippen molar-refractivity contribution in [3.8, 4) is 11.5 Å². The predicted octanol–water partition coefficient (Wildman–Crippen LogP) is 5.00. The van der Waals surface area contributed by atoms with Gasteiger partial charge in [0.25, 0.3) is 0 Å². The number of hydrogen-bond acceptors (Lipinski definition) is 4. The van der Waals surface area contributed by atoms with Crippen LogP contribution in [-0.2, 0) is 4.79 Å². The van der Waals surface area contributed by atoms with E-state index in [-0.39, 0.29) is 17.6 Å². The zero-order valence-electron chi connectivity index (χ0n) is 18.9. The summed E-state index contributed by atoms with van der Waals surface area (Å²) in [5.41, 5.74) is 0.737. The number of para-hydroxylation sites is 1. The highest BCUT2D eigenvalue weighted by Crippen LogP contribution is 2.27. The molecule has 0 radical (unpaired) electrons. The quantitative estimate of drug-likeness (QED) is 0.659. The van der Waals surface area contributed by atoms with Crippen LogP contribution in [0.15, 0.2) is 48.5 Å². The van der Waals surface area contributed by atoms with Crippen molar-refractivity contribution in [2.45, 2.75) is 32.6 Å². The maximum Gasteiger partial charge on any atom is 0.227 e. The number of likely N-dealkylation sites (tertiary alicyclic amines) is 2. The van der Waals surface area contributed by atoms with E-state index in [1.54, 1.807) is 42.5 Å². The van der Waals surface area contributed by atoms with Gasteiger partial charge < -0.3 is 19.9 Å². The van der Waals surface area contributed by atoms with E-state index in [4.69, 9.17) is 4.74 Å². The average Bonchev–Trinajstić information content (AvgIpc) is 2.83. The number of rotatable bonds is 7. The van der Waals surface area contributed by atoms with Crippen molar-refractivity contribution in [3.63, 3.8) is 0 Å². The van der Waals surface area contributed by atoms with Gasteiger partial charge in [-0.05, 0) is 101 Å². The normalized spacial score (nSPS) is 19.1. The van der Waals surface area contributed by atoms with Crippen LogP contribution in [0.3, 0.4) is 0 Å². The first kappa shape index (κ1) is 22.7. The fourth-order valence-electron chi connectivity index (χ4n) is 4.73. The van der Waals surface area contributed by atoms with Gasteiger partial charge in [0, 0.05) is 18.2 Å². The monoisotopic (exact) mass is 439 g/mol. The first-order chi connectivity index (χ1) is 15.6. The maximum absolute atomic E-state index is 13.7. The molecule has 2 saturated heterocycles. The third kappa shape index (κ3) is 6.08. The van der Waals surface area contributed by atoms with Crippen LogP contribution >= 0.6 is 0 Å². The van der Waals surface area contributed by atoms with Crippen molar-refractivity contribution in [1.29, 1.82) is 0 Å². The van der Waals surface area contributed by atoms with E-state index in [2.05, 4.69) is 22.0 Å². The first-order valence-electron chi connectivity index (χ1n) is 11.9. The van der Waals surface area contributed by atoms with Gasteiger partial charge in [-0.25, -0.2) is 4.39 Å². The van der Waals surface area contributed by atoms with Crippen LogP contribution in [0.2, 0.25) is 0 Å². The van der Waals surface area contributed by atoms with E-state index >= 15 is 0 Å². The molecule has 1 N–H and O–H groups in total. The van der Waals surface area contributed by atoms with E-state index < -0.39 is 5.82 Å². The Labute approximate surface area is 190 Å². The van der Waals surface area contributed by atoms with E-state index in [1.165, 1.54) is 38.5 Å². The molecular formula is C26H34FN3O2. The number of nitrogens with zero attached hydrogens (tertiary/aromatic N) is 2. The highest BCUT2D eigenvalue weighted by Gasteiger charge is 2.27. The Morgan fingerprint density at radius 2 is 1.62 bits per heavy atom. The molecule has 0 unspecified atom stereocenters. The van der Waals surface area contributed by atoms with Crippen molar-refractivity contribution >= 4 is 11.6 Å². The third-order valence-corrected chi connectivity index (χ3v) is 6.82. The maximum atomic E-state index is 13.7. The number of ether oxygens (including phenoxy) is 1. The second-order valence-corrected chi connectivity index (χ2v) is 9.00. The Balaban J connectivity index is 1.21. The van der Waals surface area contributed by atoms with Gasteiger partial charge in [0.15, 0.2) is 11.6 Å². The molecular weight excluding hydrogens is 405 g/mol. The zero-order valence-corrected chi connectivity index (χ0v) is 18.9. The van der Waals surface area contributed by atoms with Crippen molar-refractivity contribution < 1.29 is 13.9 Å². The summed E-state index contributed by atoms with van der Waals surface area (Å²) >= 11 is 0. The average molecular weight is 440 g/mol. The van der Waals surface area contributed by atoms with Crippen LogP contribution in [0.1, 0.15) is 32.6 Å². The second kappa shape index (κ2) is 10.9. The Kier molecular flexibility index (Phi) is 7.76. The van der Waals surface area contributed by atoms with Gasteiger partial charge >= 0.3 is 0 Å². The molecule has 2 fully saturated rings. The second-order valence-electron chi connectivity index (χ2n) is 9.00. The highest BCUT2D eigenvalue weighted by molar-refractivity contribution is 5.92. The number of carbonyl (C=O) groups is 1. The largest absolute Gasteiger partial charge is 0.454 e. The molecule has 5 nitrogen and oxygen atoms in total. The van der Waals surface area contributed by atoms with Crippen molar-refractivity contribution in [2.24, 2.45) is 11.8 Å². The SMILES string of the molecule is CCN1CCC(CN2CCC(C(=O)Nc3ccc(Oc4ccccc4F)cc3)CC2)CC1. The van der Waals surface area contributed by atoms with E-state index in [0.29, 0.717) is 5.75 Å². The van der Waals surface area contributed by atoms with Gasteiger partial charge in [-0.2, -0.15) is 0 Å². The lowest BCUT2D eigenvalue weighted by atomic mass is 9.92. The lowest BCUT2D eigenvalue weighted by molar-refractivity contribution is -0.121. The van der Waals surface area contributed by atoms with E-state index in [1.807, 2.05) is 0 Å². The summed E-state index contributed by atoms with van der Waals surface area (Å²) in [6.45, 7) is 9.03. The van der Waals surface area contributed by atoms with Gasteiger partial charge in [0.05, 0.1) is 0 Å². The number of amides is 1. The van der Waals surface area contributed by atoms with Crippen LogP contribution in [0.4, 0.5) is 10.1 Å². The highest BCUT2D eigenvalue weighted by atomic mass is 19.1. The van der Waals surface area contributed by atoms with Gasteiger partial charge in [0.1, 0.15) is 5.75 Å². The predicted molar refractivity (Wildman–Crippen MR) is 126 cm³/mol. The Morgan fingerprint density at radius 3 is 2.28 bits per heavy atom. The van der Waals surface area contributed by atoms with Gasteiger partial charge in [-0.15, -0.1) is 0 Å². The molecule has 6 heteroatoms. The molecule has 2 heterocycles. The Bertz CT molecular complexity index is 873. The smallest absolute Gasteiger partial charge is 0.227 e. The van der Waals surface area contributed by atoms with Crippen molar-refractivity contribution in [3.05, 3.63) is 54.3 Å². The molecule has 4 rings (SSSR count). The summed E-state index contributed by atoms with van der Waals surface area (Å²) in [5.74, 6) is 1.26. The summed E-state index contributed by atoms with van der Waals surface area (Å²) in [6.07, 6.45) is 4.41. The molecule has 2 aliphatic rings. The minimum absolute atomic E-state index is 0.0579. The summed E-state index contributed by atoms with van der Waals surface area (Å²) in [6, 6.07) is 13.4. The van der Waals surface area contributed by atoms with Crippen LogP contribution in [-0.4, -0.2) is 55.0 Å².